The molecule has 0 spiro atoms. The fourth-order valence-electron chi connectivity index (χ4n) is 2.62. The topological polar surface area (TPSA) is 72.3 Å². The molecule has 124 valence electrons. The molecule has 2 aromatic carbocycles. The minimum atomic E-state index is -0.248. The predicted octanol–water partition coefficient (Wildman–Crippen LogP) is 3.53. The fraction of sp³-hybridized carbons (Fsp3) is 0.0556. The zero-order valence-corrected chi connectivity index (χ0v) is 14.8. The fourth-order valence-corrected chi connectivity index (χ4v) is 2.98. The number of hydrogen-bond acceptors (Lipinski definition) is 4. The summed E-state index contributed by atoms with van der Waals surface area (Å²) in [7, 11) is 1.61. The number of nitrogens with one attached hydrogen (secondary N) is 1. The van der Waals surface area contributed by atoms with Crippen LogP contribution in [0.15, 0.2) is 63.2 Å². The molecule has 1 N–H and O–H groups in total. The number of rotatable bonds is 3. The van der Waals surface area contributed by atoms with Crippen LogP contribution in [0.2, 0.25) is 0 Å². The first-order chi connectivity index (χ1) is 12.2. The Morgan fingerprint density at radius 1 is 1.24 bits per heavy atom. The Balaban J connectivity index is 1.77. The highest BCUT2D eigenvalue weighted by atomic mass is 79.9. The van der Waals surface area contributed by atoms with Crippen molar-refractivity contribution in [1.29, 1.82) is 0 Å². The normalized spacial score (nSPS) is 11.6. The number of halogens is 1. The van der Waals surface area contributed by atoms with Gasteiger partial charge in [0.15, 0.2) is 0 Å². The Morgan fingerprint density at radius 2 is 2.04 bits per heavy atom. The first kappa shape index (κ1) is 15.6. The van der Waals surface area contributed by atoms with E-state index >= 15 is 0 Å². The van der Waals surface area contributed by atoms with Crippen LogP contribution in [0.1, 0.15) is 5.56 Å². The summed E-state index contributed by atoms with van der Waals surface area (Å²) >= 11 is 3.44. The molecule has 0 unspecified atom stereocenters. The molecule has 6 nitrogen and oxygen atoms in total. The van der Waals surface area contributed by atoms with Gasteiger partial charge in [-0.2, -0.15) is 9.78 Å². The Bertz CT molecular complexity index is 1160. The number of H-pyrrole nitrogens is 1. The summed E-state index contributed by atoms with van der Waals surface area (Å²) < 4.78 is 7.27. The van der Waals surface area contributed by atoms with Gasteiger partial charge in [-0.3, -0.25) is 4.79 Å². The van der Waals surface area contributed by atoms with Crippen molar-refractivity contribution >= 4 is 44.1 Å². The molecule has 0 fully saturated rings. The monoisotopic (exact) mass is 396 g/mol. The minimum absolute atomic E-state index is 0.248. The summed E-state index contributed by atoms with van der Waals surface area (Å²) in [6.45, 7) is 0. The molecule has 2 heterocycles. The second-order valence-electron chi connectivity index (χ2n) is 5.45. The molecule has 2 aromatic heterocycles. The molecule has 0 saturated carbocycles. The maximum absolute atomic E-state index is 12.7. The molecule has 0 aliphatic heterocycles. The number of benzene rings is 2. The quantitative estimate of drug-likeness (QED) is 0.538. The zero-order valence-electron chi connectivity index (χ0n) is 13.2. The lowest BCUT2D eigenvalue weighted by Crippen LogP contribution is -2.17. The van der Waals surface area contributed by atoms with Gasteiger partial charge in [0, 0.05) is 15.4 Å². The highest BCUT2D eigenvalue weighted by molar-refractivity contribution is 9.10. The van der Waals surface area contributed by atoms with Crippen LogP contribution in [-0.2, 0) is 0 Å². The van der Waals surface area contributed by atoms with Crippen LogP contribution >= 0.6 is 15.9 Å². The van der Waals surface area contributed by atoms with Crippen molar-refractivity contribution in [3.05, 3.63) is 69.2 Å². The highest BCUT2D eigenvalue weighted by Crippen LogP contribution is 2.24. The zero-order chi connectivity index (χ0) is 17.4. The van der Waals surface area contributed by atoms with Crippen LogP contribution in [0.25, 0.3) is 21.9 Å². The molecular formula is C18H13BrN4O2. The average molecular weight is 397 g/mol. The second kappa shape index (κ2) is 6.18. The minimum Gasteiger partial charge on any atom is -0.497 e. The standard InChI is InChI=1S/C18H13BrN4O2/c1-25-13-5-2-11(3-6-13)9-21-23-10-20-16-14-8-12(19)4-7-15(14)22-17(16)18(23)24/h2-10,22H,1H3/b21-9-. The summed E-state index contributed by atoms with van der Waals surface area (Å²) in [5, 5.41) is 5.11. The molecule has 0 radical (unpaired) electrons. The van der Waals surface area contributed by atoms with Gasteiger partial charge in [-0.1, -0.05) is 15.9 Å². The third-order valence-electron chi connectivity index (χ3n) is 3.90. The van der Waals surface area contributed by atoms with E-state index in [1.165, 1.54) is 11.0 Å². The van der Waals surface area contributed by atoms with Crippen LogP contribution in [-0.4, -0.2) is 28.0 Å². The van der Waals surface area contributed by atoms with Crippen LogP contribution in [0.4, 0.5) is 0 Å². The number of methoxy groups -OCH3 is 1. The number of aromatic amines is 1. The lowest BCUT2D eigenvalue weighted by atomic mass is 10.2. The number of aromatic nitrogens is 3. The molecule has 0 saturated heterocycles. The maximum atomic E-state index is 12.7. The van der Waals surface area contributed by atoms with E-state index in [2.05, 4.69) is 31.0 Å². The molecule has 0 amide bonds. The van der Waals surface area contributed by atoms with Crippen molar-refractivity contribution < 1.29 is 4.74 Å². The summed E-state index contributed by atoms with van der Waals surface area (Å²) in [5.41, 5.74) is 2.54. The van der Waals surface area contributed by atoms with Crippen molar-refractivity contribution in [1.82, 2.24) is 14.6 Å². The molecule has 0 atom stereocenters. The molecule has 0 bridgehead atoms. The van der Waals surface area contributed by atoms with Gasteiger partial charge in [-0.05, 0) is 48.0 Å². The first-order valence-corrected chi connectivity index (χ1v) is 8.32. The van der Waals surface area contributed by atoms with Crippen LogP contribution in [0.5, 0.6) is 5.75 Å². The molecule has 0 aliphatic carbocycles. The van der Waals surface area contributed by atoms with E-state index in [-0.39, 0.29) is 5.56 Å². The smallest absolute Gasteiger partial charge is 0.298 e. The SMILES string of the molecule is COc1ccc(/C=N\n2cnc3c([nH]c4ccc(Br)cc43)c2=O)cc1. The lowest BCUT2D eigenvalue weighted by Gasteiger charge is -2.00. The Kier molecular flexibility index (Phi) is 3.85. The number of fused-ring (bicyclic) bond motifs is 3. The van der Waals surface area contributed by atoms with Gasteiger partial charge in [0.25, 0.3) is 5.56 Å². The van der Waals surface area contributed by atoms with Crippen LogP contribution in [0, 0.1) is 0 Å². The Morgan fingerprint density at radius 3 is 2.80 bits per heavy atom. The van der Waals surface area contributed by atoms with E-state index in [0.29, 0.717) is 11.0 Å². The molecule has 7 heteroatoms. The van der Waals surface area contributed by atoms with Gasteiger partial charge in [-0.15, -0.1) is 0 Å². The van der Waals surface area contributed by atoms with E-state index < -0.39 is 0 Å². The summed E-state index contributed by atoms with van der Waals surface area (Å²) in [5.74, 6) is 0.765. The summed E-state index contributed by atoms with van der Waals surface area (Å²) in [6, 6.07) is 13.1. The Hall–Kier alpha value is -2.93. The van der Waals surface area contributed by atoms with Gasteiger partial charge >= 0.3 is 0 Å². The molecule has 4 rings (SSSR count). The predicted molar refractivity (Wildman–Crippen MR) is 102 cm³/mol. The molecular weight excluding hydrogens is 384 g/mol. The van der Waals surface area contributed by atoms with E-state index in [1.807, 2.05) is 42.5 Å². The summed E-state index contributed by atoms with van der Waals surface area (Å²) in [6.07, 6.45) is 3.03. The Labute approximate surface area is 150 Å². The van der Waals surface area contributed by atoms with E-state index in [4.69, 9.17) is 4.74 Å². The maximum Gasteiger partial charge on any atom is 0.298 e. The summed E-state index contributed by atoms with van der Waals surface area (Å²) in [4.78, 5) is 20.2. The van der Waals surface area contributed by atoms with Crippen molar-refractivity contribution in [2.75, 3.05) is 7.11 Å². The van der Waals surface area contributed by atoms with Crippen LogP contribution in [0.3, 0.4) is 0 Å². The third-order valence-corrected chi connectivity index (χ3v) is 4.39. The van der Waals surface area contributed by atoms with E-state index in [1.54, 1.807) is 13.3 Å². The largest absolute Gasteiger partial charge is 0.497 e. The van der Waals surface area contributed by atoms with E-state index in [0.717, 1.165) is 26.7 Å². The number of hydrogen-bond donors (Lipinski definition) is 1. The van der Waals surface area contributed by atoms with Gasteiger partial charge in [-0.25, -0.2) is 4.98 Å². The van der Waals surface area contributed by atoms with Crippen molar-refractivity contribution in [3.8, 4) is 5.75 Å². The van der Waals surface area contributed by atoms with Crippen LogP contribution < -0.4 is 10.3 Å². The highest BCUT2D eigenvalue weighted by Gasteiger charge is 2.10. The lowest BCUT2D eigenvalue weighted by molar-refractivity contribution is 0.415. The van der Waals surface area contributed by atoms with Gasteiger partial charge in [0.05, 0.1) is 13.3 Å². The van der Waals surface area contributed by atoms with E-state index in [9.17, 15) is 4.79 Å². The van der Waals surface area contributed by atoms with Crippen molar-refractivity contribution in [2.24, 2.45) is 5.10 Å². The van der Waals surface area contributed by atoms with Gasteiger partial charge in [0.2, 0.25) is 0 Å². The number of nitrogens with zero attached hydrogens (tertiary/aromatic N) is 3. The molecule has 25 heavy (non-hydrogen) atoms. The third kappa shape index (κ3) is 2.83. The first-order valence-electron chi connectivity index (χ1n) is 7.53. The average Bonchev–Trinajstić information content (AvgIpc) is 3.00. The molecule has 0 aliphatic rings. The molecule has 4 aromatic rings. The van der Waals surface area contributed by atoms with Gasteiger partial charge in [0.1, 0.15) is 23.1 Å². The number of ether oxygens (including phenoxy) is 1. The van der Waals surface area contributed by atoms with Gasteiger partial charge < -0.3 is 9.72 Å². The van der Waals surface area contributed by atoms with Crippen molar-refractivity contribution in [2.45, 2.75) is 0 Å². The van der Waals surface area contributed by atoms with Crippen molar-refractivity contribution in [3.63, 3.8) is 0 Å². The second-order valence-corrected chi connectivity index (χ2v) is 6.37.